The number of alkyl halides is 1. The lowest BCUT2D eigenvalue weighted by molar-refractivity contribution is 0.0592. The van der Waals surface area contributed by atoms with E-state index in [4.69, 9.17) is 32.7 Å². The van der Waals surface area contributed by atoms with Crippen molar-refractivity contribution in [2.75, 3.05) is 14.2 Å². The molecule has 2 aromatic carbocycles. The third kappa shape index (κ3) is 3.83. The van der Waals surface area contributed by atoms with Gasteiger partial charge in [-0.2, -0.15) is 5.10 Å². The normalized spacial score (nSPS) is 10.7. The van der Waals surface area contributed by atoms with Crippen molar-refractivity contribution in [1.29, 1.82) is 0 Å². The van der Waals surface area contributed by atoms with Crippen molar-refractivity contribution in [2.24, 2.45) is 0 Å². The van der Waals surface area contributed by atoms with Crippen LogP contribution in [0, 0.1) is 0 Å². The summed E-state index contributed by atoms with van der Waals surface area (Å²) in [5.74, 6) is 0.200. The second kappa shape index (κ2) is 8.33. The molecule has 0 aliphatic carbocycles. The molecule has 0 fully saturated rings. The molecule has 1 heterocycles. The van der Waals surface area contributed by atoms with Crippen LogP contribution in [-0.4, -0.2) is 30.0 Å². The second-order valence-corrected chi connectivity index (χ2v) is 6.94. The van der Waals surface area contributed by atoms with Crippen molar-refractivity contribution < 1.29 is 14.3 Å². The number of nitrogens with zero attached hydrogens (tertiary/aromatic N) is 2. The summed E-state index contributed by atoms with van der Waals surface area (Å²) in [6.07, 6.45) is 0. The van der Waals surface area contributed by atoms with E-state index in [9.17, 15) is 4.79 Å². The molecule has 3 rings (SSSR count). The molecule has 0 unspecified atom stereocenters. The molecule has 0 radical (unpaired) electrons. The van der Waals surface area contributed by atoms with Gasteiger partial charge in [0.05, 0.1) is 30.6 Å². The molecule has 5 nitrogen and oxygen atoms in total. The van der Waals surface area contributed by atoms with Gasteiger partial charge in [0, 0.05) is 21.5 Å². The van der Waals surface area contributed by atoms with E-state index < -0.39 is 5.97 Å². The molecule has 0 aliphatic rings. The van der Waals surface area contributed by atoms with E-state index in [-0.39, 0.29) is 5.69 Å². The number of benzene rings is 2. The average Bonchev–Trinajstić information content (AvgIpc) is 3.06. The predicted octanol–water partition coefficient (Wildman–Crippen LogP) is 5.54. The smallest absolute Gasteiger partial charge is 0.358 e. The first kappa shape index (κ1) is 19.7. The highest BCUT2D eigenvalue weighted by atomic mass is 79.9. The Bertz CT molecular complexity index is 987. The van der Waals surface area contributed by atoms with E-state index in [1.54, 1.807) is 30.0 Å². The summed E-state index contributed by atoms with van der Waals surface area (Å²) in [5.41, 5.74) is 3.08. The molecular formula is C19H15BrCl2N2O3. The lowest BCUT2D eigenvalue weighted by atomic mass is 10.1. The van der Waals surface area contributed by atoms with Crippen LogP contribution in [0.1, 0.15) is 16.1 Å². The van der Waals surface area contributed by atoms with Crippen molar-refractivity contribution in [1.82, 2.24) is 9.78 Å². The Morgan fingerprint density at radius 2 is 1.85 bits per heavy atom. The van der Waals surface area contributed by atoms with Crippen LogP contribution in [0.4, 0.5) is 0 Å². The maximum absolute atomic E-state index is 12.3. The summed E-state index contributed by atoms with van der Waals surface area (Å²) in [4.78, 5) is 12.3. The summed E-state index contributed by atoms with van der Waals surface area (Å²) in [6, 6.07) is 12.6. The highest BCUT2D eigenvalue weighted by Gasteiger charge is 2.25. The Labute approximate surface area is 174 Å². The lowest BCUT2D eigenvalue weighted by Crippen LogP contribution is -2.06. The number of carbonyl (C=O) groups excluding carboxylic acids is 1. The van der Waals surface area contributed by atoms with Crippen molar-refractivity contribution in [2.45, 2.75) is 5.33 Å². The first-order chi connectivity index (χ1) is 13.0. The lowest BCUT2D eigenvalue weighted by Gasteiger charge is -2.11. The molecule has 3 aromatic rings. The zero-order chi connectivity index (χ0) is 19.6. The fourth-order valence-electron chi connectivity index (χ4n) is 2.71. The van der Waals surface area contributed by atoms with Crippen LogP contribution in [-0.2, 0) is 10.1 Å². The molecule has 0 aliphatic heterocycles. The van der Waals surface area contributed by atoms with E-state index >= 15 is 0 Å². The van der Waals surface area contributed by atoms with Gasteiger partial charge in [-0.15, -0.1) is 0 Å². The molecule has 1 aromatic heterocycles. The number of methoxy groups -OCH3 is 2. The number of ether oxygens (including phenoxy) is 2. The molecule has 0 saturated carbocycles. The Morgan fingerprint density at radius 1 is 1.15 bits per heavy atom. The minimum atomic E-state index is -0.525. The monoisotopic (exact) mass is 468 g/mol. The first-order valence-corrected chi connectivity index (χ1v) is 9.74. The number of hydrogen-bond acceptors (Lipinski definition) is 4. The van der Waals surface area contributed by atoms with Gasteiger partial charge in [0.2, 0.25) is 0 Å². The summed E-state index contributed by atoms with van der Waals surface area (Å²) in [7, 11) is 2.92. The van der Waals surface area contributed by atoms with Crippen molar-refractivity contribution in [3.63, 3.8) is 0 Å². The molecule has 0 amide bonds. The van der Waals surface area contributed by atoms with Crippen molar-refractivity contribution in [3.8, 4) is 22.7 Å². The van der Waals surface area contributed by atoms with Gasteiger partial charge in [0.25, 0.3) is 0 Å². The standard InChI is InChI=1S/C19H15BrCl2N2O3/c1-26-13-6-3-11(4-7-13)18-14(10-20)17(19(25)27-2)23-24(18)16-8-5-12(21)9-15(16)22/h3-9H,10H2,1-2H3. The van der Waals surface area contributed by atoms with Gasteiger partial charge in [-0.3, -0.25) is 0 Å². The summed E-state index contributed by atoms with van der Waals surface area (Å²) in [5, 5.41) is 5.82. The van der Waals surface area contributed by atoms with E-state index in [1.165, 1.54) is 7.11 Å². The summed E-state index contributed by atoms with van der Waals surface area (Å²) < 4.78 is 11.8. The van der Waals surface area contributed by atoms with Gasteiger partial charge in [-0.05, 0) is 42.5 Å². The van der Waals surface area contributed by atoms with Crippen LogP contribution < -0.4 is 4.74 Å². The average molecular weight is 470 g/mol. The molecule has 0 bridgehead atoms. The van der Waals surface area contributed by atoms with Crippen molar-refractivity contribution >= 4 is 45.1 Å². The maximum atomic E-state index is 12.3. The third-order valence-electron chi connectivity index (χ3n) is 4.00. The molecule has 0 N–H and O–H groups in total. The minimum absolute atomic E-state index is 0.214. The van der Waals surface area contributed by atoms with E-state index in [0.717, 1.165) is 17.0 Å². The predicted molar refractivity (Wildman–Crippen MR) is 110 cm³/mol. The van der Waals surface area contributed by atoms with Gasteiger partial charge in [-0.25, -0.2) is 9.48 Å². The third-order valence-corrected chi connectivity index (χ3v) is 5.10. The van der Waals surface area contributed by atoms with Crippen LogP contribution >= 0.6 is 39.1 Å². The molecular weight excluding hydrogens is 455 g/mol. The topological polar surface area (TPSA) is 53.3 Å². The van der Waals surface area contributed by atoms with Crippen LogP contribution in [0.5, 0.6) is 5.75 Å². The summed E-state index contributed by atoms with van der Waals surface area (Å²) >= 11 is 15.9. The number of esters is 1. The van der Waals surface area contributed by atoms with Crippen LogP contribution in [0.15, 0.2) is 42.5 Å². The molecule has 0 atom stereocenters. The second-order valence-electron chi connectivity index (χ2n) is 5.54. The Hall–Kier alpha value is -2.02. The van der Waals surface area contributed by atoms with E-state index in [2.05, 4.69) is 21.0 Å². The molecule has 140 valence electrons. The molecule has 0 spiro atoms. The first-order valence-electron chi connectivity index (χ1n) is 7.86. The number of hydrogen-bond donors (Lipinski definition) is 0. The quantitative estimate of drug-likeness (QED) is 0.363. The highest BCUT2D eigenvalue weighted by molar-refractivity contribution is 9.08. The Morgan fingerprint density at radius 3 is 2.41 bits per heavy atom. The molecule has 27 heavy (non-hydrogen) atoms. The van der Waals surface area contributed by atoms with E-state index in [0.29, 0.717) is 26.6 Å². The van der Waals surface area contributed by atoms with Gasteiger partial charge in [0.1, 0.15) is 5.75 Å². The fourth-order valence-corrected chi connectivity index (χ4v) is 3.73. The van der Waals surface area contributed by atoms with Gasteiger partial charge in [0.15, 0.2) is 5.69 Å². The molecule has 8 heteroatoms. The van der Waals surface area contributed by atoms with Gasteiger partial charge < -0.3 is 9.47 Å². The summed E-state index contributed by atoms with van der Waals surface area (Å²) in [6.45, 7) is 0. The number of halogens is 3. The maximum Gasteiger partial charge on any atom is 0.358 e. The zero-order valence-electron chi connectivity index (χ0n) is 14.5. The fraction of sp³-hybridized carbons (Fsp3) is 0.158. The Kier molecular flexibility index (Phi) is 6.09. The number of aromatic nitrogens is 2. The largest absolute Gasteiger partial charge is 0.497 e. The van der Waals surface area contributed by atoms with Crippen LogP contribution in [0.3, 0.4) is 0 Å². The van der Waals surface area contributed by atoms with Gasteiger partial charge in [-0.1, -0.05) is 39.1 Å². The van der Waals surface area contributed by atoms with Crippen LogP contribution in [0.25, 0.3) is 16.9 Å². The highest BCUT2D eigenvalue weighted by Crippen LogP contribution is 2.35. The minimum Gasteiger partial charge on any atom is -0.497 e. The number of rotatable bonds is 5. The van der Waals surface area contributed by atoms with Crippen LogP contribution in [0.2, 0.25) is 10.0 Å². The Balaban J connectivity index is 2.30. The number of carbonyl (C=O) groups is 1. The SMILES string of the molecule is COC(=O)c1nn(-c2ccc(Cl)cc2Cl)c(-c2ccc(OC)cc2)c1CBr. The van der Waals surface area contributed by atoms with E-state index in [1.807, 2.05) is 24.3 Å². The molecule has 0 saturated heterocycles. The van der Waals surface area contributed by atoms with Gasteiger partial charge >= 0.3 is 5.97 Å². The zero-order valence-corrected chi connectivity index (χ0v) is 17.6. The van der Waals surface area contributed by atoms with Crippen molar-refractivity contribution in [3.05, 3.63) is 63.8 Å².